The number of aromatic nitrogens is 2. The lowest BCUT2D eigenvalue weighted by molar-refractivity contribution is 0.304. The molecule has 0 aliphatic carbocycles. The highest BCUT2D eigenvalue weighted by molar-refractivity contribution is 7.19. The maximum Gasteiger partial charge on any atom is 0.225 e. The van der Waals surface area contributed by atoms with Crippen molar-refractivity contribution in [1.29, 1.82) is 0 Å². The molecule has 24 heavy (non-hydrogen) atoms. The predicted molar refractivity (Wildman–Crippen MR) is 102 cm³/mol. The van der Waals surface area contributed by atoms with Crippen LogP contribution in [0, 0.1) is 6.92 Å². The van der Waals surface area contributed by atoms with Crippen LogP contribution in [-0.4, -0.2) is 35.3 Å². The number of thiophene rings is 1. The minimum absolute atomic E-state index is 0.0588. The Kier molecular flexibility index (Phi) is 5.04. The van der Waals surface area contributed by atoms with Crippen LogP contribution in [0.25, 0.3) is 21.3 Å². The minimum Gasteiger partial charge on any atom is -0.395 e. The lowest BCUT2D eigenvalue weighted by Crippen LogP contribution is -2.22. The van der Waals surface area contributed by atoms with Gasteiger partial charge >= 0.3 is 0 Å². The Morgan fingerprint density at radius 1 is 1.21 bits per heavy atom. The van der Waals surface area contributed by atoms with Gasteiger partial charge < -0.3 is 10.0 Å². The number of aryl methyl sites for hydroxylation is 2. The Hall–Kier alpha value is -1.69. The first-order chi connectivity index (χ1) is 11.5. The van der Waals surface area contributed by atoms with Crippen molar-refractivity contribution in [2.24, 2.45) is 0 Å². The number of aliphatic hydroxyl groups excluding tert-OH is 1. The summed E-state index contributed by atoms with van der Waals surface area (Å²) < 4.78 is 0. The van der Waals surface area contributed by atoms with Crippen molar-refractivity contribution < 1.29 is 5.11 Å². The molecular formula is C18H20ClN3OS. The van der Waals surface area contributed by atoms with E-state index in [0.717, 1.165) is 33.6 Å². The number of halogens is 1. The minimum atomic E-state index is 0.0588. The maximum absolute atomic E-state index is 9.27. The molecule has 3 aromatic rings. The molecule has 0 saturated carbocycles. The molecule has 4 nitrogen and oxygen atoms in total. The molecule has 0 radical (unpaired) electrons. The van der Waals surface area contributed by atoms with E-state index in [1.165, 1.54) is 10.4 Å². The van der Waals surface area contributed by atoms with Crippen LogP contribution in [0.5, 0.6) is 0 Å². The zero-order valence-corrected chi connectivity index (χ0v) is 15.6. The molecule has 0 spiro atoms. The third kappa shape index (κ3) is 3.11. The van der Waals surface area contributed by atoms with Crippen molar-refractivity contribution in [3.63, 3.8) is 0 Å². The maximum atomic E-state index is 9.27. The van der Waals surface area contributed by atoms with E-state index in [1.54, 1.807) is 11.3 Å². The topological polar surface area (TPSA) is 49.2 Å². The number of likely N-dealkylation sites (N-methyl/N-ethyl adjacent to an activating group) is 1. The van der Waals surface area contributed by atoms with Gasteiger partial charge in [0.25, 0.3) is 0 Å². The van der Waals surface area contributed by atoms with Gasteiger partial charge in [-0.2, -0.15) is 4.98 Å². The van der Waals surface area contributed by atoms with Crippen molar-refractivity contribution in [3.05, 3.63) is 40.0 Å². The van der Waals surface area contributed by atoms with Crippen LogP contribution in [0.3, 0.4) is 0 Å². The highest BCUT2D eigenvalue weighted by atomic mass is 35.5. The van der Waals surface area contributed by atoms with Crippen molar-refractivity contribution in [2.45, 2.75) is 20.3 Å². The van der Waals surface area contributed by atoms with Gasteiger partial charge in [-0.3, -0.25) is 0 Å². The fourth-order valence-electron chi connectivity index (χ4n) is 2.86. The van der Waals surface area contributed by atoms with E-state index in [-0.39, 0.29) is 11.9 Å². The molecular weight excluding hydrogens is 342 g/mol. The SMILES string of the molecule is CCc1ccc(-c2c(C)sc3nc(Cl)nc(N(C)CCO)c23)cc1. The standard InChI is InChI=1S/C18H20ClN3OS/c1-4-12-5-7-13(8-6-12)14-11(2)24-17-15(14)16(20-18(19)21-17)22(3)9-10-23/h5-8,23H,4,9-10H2,1-3H3. The number of benzene rings is 1. The third-order valence-electron chi connectivity index (χ3n) is 4.13. The van der Waals surface area contributed by atoms with E-state index in [0.29, 0.717) is 6.54 Å². The quantitative estimate of drug-likeness (QED) is 0.688. The molecule has 0 aliphatic heterocycles. The fraction of sp³-hybridized carbons (Fsp3) is 0.333. The molecule has 1 aromatic carbocycles. The van der Waals surface area contributed by atoms with E-state index < -0.39 is 0 Å². The lowest BCUT2D eigenvalue weighted by Gasteiger charge is -2.18. The summed E-state index contributed by atoms with van der Waals surface area (Å²) in [4.78, 5) is 12.8. The van der Waals surface area contributed by atoms with Crippen molar-refractivity contribution >= 4 is 39.0 Å². The summed E-state index contributed by atoms with van der Waals surface area (Å²) in [7, 11) is 1.91. The summed E-state index contributed by atoms with van der Waals surface area (Å²) in [5.74, 6) is 0.762. The number of hydrogen-bond donors (Lipinski definition) is 1. The average Bonchev–Trinajstić information content (AvgIpc) is 2.90. The molecule has 0 fully saturated rings. The smallest absolute Gasteiger partial charge is 0.225 e. The second kappa shape index (κ2) is 7.05. The largest absolute Gasteiger partial charge is 0.395 e. The number of anilines is 1. The van der Waals surface area contributed by atoms with Gasteiger partial charge in [-0.25, -0.2) is 4.98 Å². The first kappa shape index (κ1) is 17.1. The number of nitrogens with zero attached hydrogens (tertiary/aromatic N) is 3. The average molecular weight is 362 g/mol. The molecule has 2 heterocycles. The van der Waals surface area contributed by atoms with Crippen molar-refractivity contribution in [2.75, 3.05) is 25.1 Å². The molecule has 0 bridgehead atoms. The van der Waals surface area contributed by atoms with Gasteiger partial charge in [-0.05, 0) is 36.1 Å². The Morgan fingerprint density at radius 2 is 1.92 bits per heavy atom. The van der Waals surface area contributed by atoms with E-state index >= 15 is 0 Å². The van der Waals surface area contributed by atoms with Crippen LogP contribution in [0.2, 0.25) is 5.28 Å². The van der Waals surface area contributed by atoms with Crippen LogP contribution in [-0.2, 0) is 6.42 Å². The lowest BCUT2D eigenvalue weighted by atomic mass is 10.0. The normalized spacial score (nSPS) is 11.2. The van der Waals surface area contributed by atoms with E-state index in [9.17, 15) is 5.11 Å². The van der Waals surface area contributed by atoms with Crippen molar-refractivity contribution in [1.82, 2.24) is 9.97 Å². The molecule has 0 aliphatic rings. The summed E-state index contributed by atoms with van der Waals surface area (Å²) in [6, 6.07) is 8.62. The monoisotopic (exact) mass is 361 g/mol. The summed E-state index contributed by atoms with van der Waals surface area (Å²) >= 11 is 7.73. The molecule has 0 saturated heterocycles. The first-order valence-corrected chi connectivity index (χ1v) is 9.12. The molecule has 2 aromatic heterocycles. The third-order valence-corrected chi connectivity index (χ3v) is 5.30. The summed E-state index contributed by atoms with van der Waals surface area (Å²) in [5, 5.41) is 10.5. The van der Waals surface area contributed by atoms with Crippen LogP contribution in [0.15, 0.2) is 24.3 Å². The summed E-state index contributed by atoms with van der Waals surface area (Å²) in [6.07, 6.45) is 1.02. The van der Waals surface area contributed by atoms with Crippen LogP contribution in [0.1, 0.15) is 17.4 Å². The van der Waals surface area contributed by atoms with Crippen LogP contribution in [0.4, 0.5) is 5.82 Å². The second-order valence-electron chi connectivity index (χ2n) is 5.73. The number of aliphatic hydroxyl groups is 1. The summed E-state index contributed by atoms with van der Waals surface area (Å²) in [6.45, 7) is 4.80. The Labute approximate surface area is 150 Å². The molecule has 3 rings (SSSR count). The number of fused-ring (bicyclic) bond motifs is 1. The van der Waals surface area contributed by atoms with Gasteiger partial charge in [-0.15, -0.1) is 11.3 Å². The van der Waals surface area contributed by atoms with Crippen molar-refractivity contribution in [3.8, 4) is 11.1 Å². The fourth-order valence-corrected chi connectivity index (χ4v) is 4.11. The Balaban J connectivity index is 2.24. The zero-order valence-electron chi connectivity index (χ0n) is 14.0. The van der Waals surface area contributed by atoms with Gasteiger partial charge in [0.1, 0.15) is 10.6 Å². The predicted octanol–water partition coefficient (Wildman–Crippen LogP) is 4.31. The van der Waals surface area contributed by atoms with Gasteiger partial charge in [-0.1, -0.05) is 31.2 Å². The van der Waals surface area contributed by atoms with E-state index in [1.807, 2.05) is 11.9 Å². The highest BCUT2D eigenvalue weighted by Crippen LogP contribution is 2.42. The molecule has 0 atom stereocenters. The van der Waals surface area contributed by atoms with E-state index in [4.69, 9.17) is 11.6 Å². The molecule has 126 valence electrons. The Bertz CT molecular complexity index is 861. The summed E-state index contributed by atoms with van der Waals surface area (Å²) in [5.41, 5.74) is 3.61. The number of rotatable bonds is 5. The molecule has 6 heteroatoms. The molecule has 0 unspecified atom stereocenters. The zero-order chi connectivity index (χ0) is 17.3. The van der Waals surface area contributed by atoms with Gasteiger partial charge in [0, 0.05) is 24.0 Å². The van der Waals surface area contributed by atoms with Crippen LogP contribution < -0.4 is 4.90 Å². The Morgan fingerprint density at radius 3 is 2.54 bits per heavy atom. The van der Waals surface area contributed by atoms with Crippen LogP contribution >= 0.6 is 22.9 Å². The highest BCUT2D eigenvalue weighted by Gasteiger charge is 2.20. The van der Waals surface area contributed by atoms with E-state index in [2.05, 4.69) is 48.1 Å². The van der Waals surface area contributed by atoms with Gasteiger partial charge in [0.15, 0.2) is 0 Å². The first-order valence-electron chi connectivity index (χ1n) is 7.93. The number of hydrogen-bond acceptors (Lipinski definition) is 5. The van der Waals surface area contributed by atoms with Gasteiger partial charge in [0.05, 0.1) is 12.0 Å². The van der Waals surface area contributed by atoms with Gasteiger partial charge in [0.2, 0.25) is 5.28 Å². The second-order valence-corrected chi connectivity index (χ2v) is 7.27. The molecule has 0 amide bonds. The molecule has 1 N–H and O–H groups in total.